The highest BCUT2D eigenvalue weighted by atomic mass is 16.2. The van der Waals surface area contributed by atoms with Gasteiger partial charge in [-0.2, -0.15) is 0 Å². The number of nitrogens with zero attached hydrogens (tertiary/aromatic N) is 4. The zero-order valence-corrected chi connectivity index (χ0v) is 14.5. The average molecular weight is 339 g/mol. The van der Waals surface area contributed by atoms with Crippen LogP contribution in [0.5, 0.6) is 0 Å². The van der Waals surface area contributed by atoms with Gasteiger partial charge in [0.15, 0.2) is 0 Å². The van der Waals surface area contributed by atoms with E-state index in [4.69, 9.17) is 0 Å². The number of carbonyl (C=O) groups excluding carboxylic acids is 1. The highest BCUT2D eigenvalue weighted by Crippen LogP contribution is 2.31. The van der Waals surface area contributed by atoms with Crippen molar-refractivity contribution < 1.29 is 4.79 Å². The molecular weight excluding hydrogens is 314 g/mol. The number of carbonyl (C=O) groups is 1. The number of fused-ring (bicyclic) bond motifs is 1. The smallest absolute Gasteiger partial charge is 0.222 e. The highest BCUT2D eigenvalue weighted by Gasteiger charge is 2.38. The number of pyridine rings is 1. The maximum Gasteiger partial charge on any atom is 0.222 e. The molecule has 132 valence electrons. The number of imidazole rings is 1. The summed E-state index contributed by atoms with van der Waals surface area (Å²) in [6, 6.07) is 6.37. The van der Waals surface area contributed by atoms with E-state index in [-0.39, 0.29) is 0 Å². The average Bonchev–Trinajstić information content (AvgIpc) is 3.15. The summed E-state index contributed by atoms with van der Waals surface area (Å²) < 4.78 is 0. The van der Waals surface area contributed by atoms with Crippen LogP contribution in [0.25, 0.3) is 0 Å². The van der Waals surface area contributed by atoms with Crippen molar-refractivity contribution in [2.45, 2.75) is 38.3 Å². The normalized spacial score (nSPS) is 24.3. The van der Waals surface area contributed by atoms with Crippen LogP contribution in [-0.4, -0.2) is 56.3 Å². The molecule has 2 aliphatic rings. The molecule has 0 saturated carbocycles. The van der Waals surface area contributed by atoms with E-state index >= 15 is 0 Å². The minimum atomic E-state index is 0.319. The fourth-order valence-electron chi connectivity index (χ4n) is 4.25. The first kappa shape index (κ1) is 16.3. The number of hydrogen-bond acceptors (Lipinski definition) is 4. The van der Waals surface area contributed by atoms with Crippen molar-refractivity contribution in [2.75, 3.05) is 19.6 Å². The molecule has 0 spiro atoms. The molecule has 2 saturated heterocycles. The Morgan fingerprint density at radius 2 is 2.24 bits per heavy atom. The Balaban J connectivity index is 1.37. The molecule has 2 aromatic heterocycles. The van der Waals surface area contributed by atoms with Gasteiger partial charge in [-0.1, -0.05) is 6.07 Å². The zero-order chi connectivity index (χ0) is 17.1. The second-order valence-corrected chi connectivity index (χ2v) is 7.12. The fraction of sp³-hybridized carbons (Fsp3) is 0.526. The monoisotopic (exact) mass is 339 g/mol. The molecular formula is C19H25N5O. The van der Waals surface area contributed by atoms with Gasteiger partial charge in [0.05, 0.1) is 6.33 Å². The molecule has 1 amide bonds. The number of aromatic amines is 1. The lowest BCUT2D eigenvalue weighted by atomic mass is 9.83. The molecule has 2 atom stereocenters. The molecule has 0 aromatic carbocycles. The van der Waals surface area contributed by atoms with Crippen molar-refractivity contribution in [3.05, 3.63) is 48.3 Å². The van der Waals surface area contributed by atoms with Crippen molar-refractivity contribution in [3.8, 4) is 0 Å². The van der Waals surface area contributed by atoms with E-state index < -0.39 is 0 Å². The van der Waals surface area contributed by atoms with Crippen LogP contribution in [0.15, 0.2) is 36.9 Å². The molecule has 0 unspecified atom stereocenters. The van der Waals surface area contributed by atoms with Crippen LogP contribution in [0.1, 0.15) is 30.7 Å². The lowest BCUT2D eigenvalue weighted by molar-refractivity contribution is -0.141. The summed E-state index contributed by atoms with van der Waals surface area (Å²) in [6.45, 7) is 3.81. The first-order valence-corrected chi connectivity index (χ1v) is 9.18. The first-order chi connectivity index (χ1) is 12.3. The number of rotatable bonds is 5. The number of amides is 1. The maximum atomic E-state index is 12.5. The molecule has 2 aliphatic heterocycles. The van der Waals surface area contributed by atoms with Gasteiger partial charge in [0, 0.05) is 68.8 Å². The summed E-state index contributed by atoms with van der Waals surface area (Å²) in [5.41, 5.74) is 2.23. The minimum absolute atomic E-state index is 0.319. The van der Waals surface area contributed by atoms with Crippen LogP contribution in [0.4, 0.5) is 0 Å². The van der Waals surface area contributed by atoms with Crippen LogP contribution in [-0.2, 0) is 17.8 Å². The molecule has 4 heterocycles. The lowest BCUT2D eigenvalue weighted by Gasteiger charge is -2.47. The molecule has 0 aliphatic carbocycles. The summed E-state index contributed by atoms with van der Waals surface area (Å²) in [5.74, 6) is 0.900. The first-order valence-electron chi connectivity index (χ1n) is 9.18. The van der Waals surface area contributed by atoms with E-state index in [9.17, 15) is 4.79 Å². The SMILES string of the molecule is O=C1CC[C@@H]2CN(Cc3cnc[nH]3)CC[C@@H]2N1CCc1ccccn1. The molecule has 2 aromatic rings. The van der Waals surface area contributed by atoms with Gasteiger partial charge in [-0.25, -0.2) is 4.98 Å². The number of aromatic nitrogens is 3. The number of piperidine rings is 2. The summed E-state index contributed by atoms with van der Waals surface area (Å²) in [7, 11) is 0. The Kier molecular flexibility index (Phi) is 4.78. The van der Waals surface area contributed by atoms with Crippen molar-refractivity contribution in [2.24, 2.45) is 5.92 Å². The van der Waals surface area contributed by atoms with E-state index in [2.05, 4.69) is 24.8 Å². The number of hydrogen-bond donors (Lipinski definition) is 1. The second-order valence-electron chi connectivity index (χ2n) is 7.12. The van der Waals surface area contributed by atoms with Crippen LogP contribution >= 0.6 is 0 Å². The van der Waals surface area contributed by atoms with E-state index in [1.165, 1.54) is 0 Å². The molecule has 1 N–H and O–H groups in total. The molecule has 0 radical (unpaired) electrons. The third-order valence-corrected chi connectivity index (χ3v) is 5.51. The molecule has 2 fully saturated rings. The van der Waals surface area contributed by atoms with Crippen LogP contribution < -0.4 is 0 Å². The van der Waals surface area contributed by atoms with Gasteiger partial charge in [-0.3, -0.25) is 14.7 Å². The van der Waals surface area contributed by atoms with E-state index in [0.717, 1.165) is 56.8 Å². The second kappa shape index (κ2) is 7.35. The Hall–Kier alpha value is -2.21. The molecule has 6 nitrogen and oxygen atoms in total. The van der Waals surface area contributed by atoms with E-state index in [1.807, 2.05) is 30.6 Å². The van der Waals surface area contributed by atoms with Gasteiger partial charge in [-0.15, -0.1) is 0 Å². The number of likely N-dealkylation sites (tertiary alicyclic amines) is 2. The third-order valence-electron chi connectivity index (χ3n) is 5.51. The Morgan fingerprint density at radius 1 is 1.28 bits per heavy atom. The Bertz CT molecular complexity index is 687. The summed E-state index contributed by atoms with van der Waals surface area (Å²) in [6.07, 6.45) is 9.06. The topological polar surface area (TPSA) is 65.1 Å². The van der Waals surface area contributed by atoms with Gasteiger partial charge in [0.1, 0.15) is 0 Å². The summed E-state index contributed by atoms with van der Waals surface area (Å²) >= 11 is 0. The minimum Gasteiger partial charge on any atom is -0.347 e. The van der Waals surface area contributed by atoms with Crippen molar-refractivity contribution in [3.63, 3.8) is 0 Å². The van der Waals surface area contributed by atoms with Crippen LogP contribution in [0.3, 0.4) is 0 Å². The number of nitrogens with one attached hydrogen (secondary N) is 1. The molecule has 4 rings (SSSR count). The maximum absolute atomic E-state index is 12.5. The van der Waals surface area contributed by atoms with Gasteiger partial charge >= 0.3 is 0 Å². The van der Waals surface area contributed by atoms with Crippen molar-refractivity contribution in [1.29, 1.82) is 0 Å². The molecule has 25 heavy (non-hydrogen) atoms. The quantitative estimate of drug-likeness (QED) is 0.903. The molecule has 6 heteroatoms. The highest BCUT2D eigenvalue weighted by molar-refractivity contribution is 5.77. The predicted octanol–water partition coefficient (Wildman–Crippen LogP) is 1.86. The zero-order valence-electron chi connectivity index (χ0n) is 14.5. The predicted molar refractivity (Wildman–Crippen MR) is 94.6 cm³/mol. The largest absolute Gasteiger partial charge is 0.347 e. The Morgan fingerprint density at radius 3 is 3.04 bits per heavy atom. The van der Waals surface area contributed by atoms with E-state index in [1.54, 1.807) is 6.33 Å². The van der Waals surface area contributed by atoms with Crippen LogP contribution in [0.2, 0.25) is 0 Å². The van der Waals surface area contributed by atoms with Gasteiger partial charge in [0.25, 0.3) is 0 Å². The van der Waals surface area contributed by atoms with Crippen molar-refractivity contribution in [1.82, 2.24) is 24.8 Å². The lowest BCUT2D eigenvalue weighted by Crippen LogP contribution is -2.56. The molecule has 0 bridgehead atoms. The fourth-order valence-corrected chi connectivity index (χ4v) is 4.25. The standard InChI is InChI=1S/C19H25N5O/c25-19-5-4-15-12-23(13-17-11-20-14-22-17)9-7-18(15)24(19)10-6-16-3-1-2-8-21-16/h1-3,8,11,14-15,18H,4-7,9-10,12-13H2,(H,20,22)/t15-,18+/m1/s1. The van der Waals surface area contributed by atoms with Crippen molar-refractivity contribution >= 4 is 5.91 Å². The Labute approximate surface area is 148 Å². The van der Waals surface area contributed by atoms with Crippen LogP contribution in [0, 0.1) is 5.92 Å². The third kappa shape index (κ3) is 3.74. The van der Waals surface area contributed by atoms with Gasteiger partial charge in [0.2, 0.25) is 5.91 Å². The van der Waals surface area contributed by atoms with Gasteiger partial charge in [-0.05, 0) is 30.9 Å². The van der Waals surface area contributed by atoms with Gasteiger partial charge < -0.3 is 9.88 Å². The summed E-state index contributed by atoms with van der Waals surface area (Å²) in [5, 5.41) is 0. The number of H-pyrrole nitrogens is 1. The summed E-state index contributed by atoms with van der Waals surface area (Å²) in [4.78, 5) is 28.8. The van der Waals surface area contributed by atoms with E-state index in [0.29, 0.717) is 24.3 Å².